The number of nitrogens with two attached hydrogens (primary N) is 1. The number of nitrogens with one attached hydrogen (secondary N) is 1. The van der Waals surface area contributed by atoms with Crippen LogP contribution >= 0.6 is 15.9 Å². The molecule has 0 saturated heterocycles. The number of phenols is 2. The summed E-state index contributed by atoms with van der Waals surface area (Å²) < 4.78 is 0.408. The molecule has 0 aliphatic heterocycles. The molecule has 1 aromatic carbocycles. The zero-order valence-electron chi connectivity index (χ0n) is 7.53. The van der Waals surface area contributed by atoms with Gasteiger partial charge in [0.2, 0.25) is 0 Å². The van der Waals surface area contributed by atoms with Crippen LogP contribution in [0.3, 0.4) is 0 Å². The first kappa shape index (κ1) is 9.85. The Bertz CT molecular complexity index is 487. The topological polar surface area (TPSA) is 95.2 Å². The summed E-state index contributed by atoms with van der Waals surface area (Å²) in [7, 11) is 0. The van der Waals surface area contributed by atoms with Crippen molar-refractivity contribution in [2.75, 3.05) is 5.73 Å². The standard InChI is InChI=1S/C9H8BrN3O2/c10-5-1-4(2-7(14)9(5)15)6-3-8(11)13-12-6/h1-3,14-15H,(H3,11,12,13). The summed E-state index contributed by atoms with van der Waals surface area (Å²) in [5, 5.41) is 25.2. The molecule has 15 heavy (non-hydrogen) atoms. The first-order valence-electron chi connectivity index (χ1n) is 4.10. The number of halogens is 1. The lowest BCUT2D eigenvalue weighted by atomic mass is 10.1. The molecule has 1 aromatic heterocycles. The first-order valence-corrected chi connectivity index (χ1v) is 4.90. The van der Waals surface area contributed by atoms with Crippen LogP contribution in [0.25, 0.3) is 11.3 Å². The molecule has 1 heterocycles. The molecule has 5 nitrogen and oxygen atoms in total. The predicted molar refractivity (Wildman–Crippen MR) is 59.5 cm³/mol. The monoisotopic (exact) mass is 269 g/mol. The van der Waals surface area contributed by atoms with Gasteiger partial charge < -0.3 is 15.9 Å². The van der Waals surface area contributed by atoms with E-state index < -0.39 is 0 Å². The van der Waals surface area contributed by atoms with E-state index in [4.69, 9.17) is 5.73 Å². The summed E-state index contributed by atoms with van der Waals surface area (Å²) in [5.74, 6) is -0.0209. The van der Waals surface area contributed by atoms with Gasteiger partial charge in [0, 0.05) is 11.6 Å². The van der Waals surface area contributed by atoms with Crippen LogP contribution in [0, 0.1) is 0 Å². The summed E-state index contributed by atoms with van der Waals surface area (Å²) in [4.78, 5) is 0. The van der Waals surface area contributed by atoms with E-state index in [-0.39, 0.29) is 11.5 Å². The van der Waals surface area contributed by atoms with E-state index in [0.29, 0.717) is 21.5 Å². The Hall–Kier alpha value is -1.69. The molecule has 6 heteroatoms. The fraction of sp³-hybridized carbons (Fsp3) is 0. The Morgan fingerprint density at radius 1 is 1.27 bits per heavy atom. The minimum atomic E-state index is -0.201. The van der Waals surface area contributed by atoms with E-state index in [0.717, 1.165) is 0 Å². The number of aromatic hydroxyl groups is 2. The summed E-state index contributed by atoms with van der Waals surface area (Å²) in [5.41, 5.74) is 6.81. The molecule has 5 N–H and O–H groups in total. The van der Waals surface area contributed by atoms with Crippen molar-refractivity contribution in [1.82, 2.24) is 10.2 Å². The highest BCUT2D eigenvalue weighted by Crippen LogP contribution is 2.37. The van der Waals surface area contributed by atoms with Crippen LogP contribution in [-0.4, -0.2) is 20.4 Å². The van der Waals surface area contributed by atoms with Gasteiger partial charge in [-0.15, -0.1) is 0 Å². The second-order valence-corrected chi connectivity index (χ2v) is 3.89. The number of hydrogen-bond acceptors (Lipinski definition) is 4. The largest absolute Gasteiger partial charge is 0.504 e. The lowest BCUT2D eigenvalue weighted by Gasteiger charge is -2.03. The van der Waals surface area contributed by atoms with Crippen LogP contribution < -0.4 is 5.73 Å². The maximum absolute atomic E-state index is 9.40. The molecule has 0 fully saturated rings. The Morgan fingerprint density at radius 3 is 2.53 bits per heavy atom. The van der Waals surface area contributed by atoms with Gasteiger partial charge in [-0.3, -0.25) is 5.10 Å². The molecular weight excluding hydrogens is 262 g/mol. The number of hydrogen-bond donors (Lipinski definition) is 4. The van der Waals surface area contributed by atoms with E-state index >= 15 is 0 Å². The average molecular weight is 270 g/mol. The average Bonchev–Trinajstić information content (AvgIpc) is 2.60. The van der Waals surface area contributed by atoms with Crippen molar-refractivity contribution in [3.8, 4) is 22.8 Å². The van der Waals surface area contributed by atoms with E-state index in [9.17, 15) is 10.2 Å². The van der Waals surface area contributed by atoms with E-state index in [1.54, 1.807) is 12.1 Å². The fourth-order valence-corrected chi connectivity index (χ4v) is 1.67. The van der Waals surface area contributed by atoms with Crippen LogP contribution in [0.4, 0.5) is 5.82 Å². The third-order valence-electron chi connectivity index (χ3n) is 1.95. The summed E-state index contributed by atoms with van der Waals surface area (Å²) >= 11 is 3.13. The van der Waals surface area contributed by atoms with Crippen molar-refractivity contribution in [2.24, 2.45) is 0 Å². The van der Waals surface area contributed by atoms with Crippen molar-refractivity contribution < 1.29 is 10.2 Å². The fourth-order valence-electron chi connectivity index (χ4n) is 1.23. The molecule has 0 amide bonds. The van der Waals surface area contributed by atoms with Gasteiger partial charge in [0.1, 0.15) is 5.82 Å². The minimum Gasteiger partial charge on any atom is -0.504 e. The molecule has 0 saturated carbocycles. The highest BCUT2D eigenvalue weighted by molar-refractivity contribution is 9.10. The van der Waals surface area contributed by atoms with Crippen LogP contribution in [0.15, 0.2) is 22.7 Å². The number of H-pyrrole nitrogens is 1. The number of aromatic amines is 1. The van der Waals surface area contributed by atoms with Gasteiger partial charge in [0.05, 0.1) is 10.2 Å². The van der Waals surface area contributed by atoms with Gasteiger partial charge in [-0.05, 0) is 28.1 Å². The van der Waals surface area contributed by atoms with Crippen molar-refractivity contribution >= 4 is 21.7 Å². The molecule has 0 aliphatic carbocycles. The molecule has 0 bridgehead atoms. The zero-order valence-corrected chi connectivity index (χ0v) is 9.12. The van der Waals surface area contributed by atoms with Crippen molar-refractivity contribution in [3.63, 3.8) is 0 Å². The van der Waals surface area contributed by atoms with E-state index in [2.05, 4.69) is 26.1 Å². The van der Waals surface area contributed by atoms with Crippen LogP contribution in [0.2, 0.25) is 0 Å². The highest BCUT2D eigenvalue weighted by Gasteiger charge is 2.09. The molecule has 0 atom stereocenters. The Morgan fingerprint density at radius 2 is 2.00 bits per heavy atom. The number of nitrogens with zero attached hydrogens (tertiary/aromatic N) is 1. The molecule has 0 aliphatic rings. The molecule has 0 spiro atoms. The highest BCUT2D eigenvalue weighted by atomic mass is 79.9. The van der Waals surface area contributed by atoms with Gasteiger partial charge in [0.15, 0.2) is 11.5 Å². The van der Waals surface area contributed by atoms with Crippen molar-refractivity contribution in [1.29, 1.82) is 0 Å². The van der Waals surface area contributed by atoms with Crippen molar-refractivity contribution in [2.45, 2.75) is 0 Å². The van der Waals surface area contributed by atoms with Gasteiger partial charge >= 0.3 is 0 Å². The Balaban J connectivity index is 2.55. The molecule has 0 unspecified atom stereocenters. The lowest BCUT2D eigenvalue weighted by molar-refractivity contribution is 0.401. The number of rotatable bonds is 1. The van der Waals surface area contributed by atoms with Crippen LogP contribution in [-0.2, 0) is 0 Å². The summed E-state index contributed by atoms with van der Waals surface area (Å²) in [6, 6.07) is 4.72. The molecular formula is C9H8BrN3O2. The Labute approximate surface area is 93.7 Å². The molecule has 78 valence electrons. The number of nitrogen functional groups attached to an aromatic ring is 1. The second kappa shape index (κ2) is 3.47. The molecule has 2 aromatic rings. The molecule has 2 rings (SSSR count). The smallest absolute Gasteiger partial charge is 0.171 e. The van der Waals surface area contributed by atoms with Crippen LogP contribution in [0.1, 0.15) is 0 Å². The minimum absolute atomic E-state index is 0.189. The quantitative estimate of drug-likeness (QED) is 0.594. The SMILES string of the molecule is Nc1cc(-c2cc(O)c(O)c(Br)c2)[nH]n1. The first-order chi connectivity index (χ1) is 7.08. The lowest BCUT2D eigenvalue weighted by Crippen LogP contribution is -1.81. The van der Waals surface area contributed by atoms with Gasteiger partial charge in [-0.25, -0.2) is 0 Å². The third kappa shape index (κ3) is 1.75. The maximum Gasteiger partial charge on any atom is 0.171 e. The number of benzene rings is 1. The van der Waals surface area contributed by atoms with Crippen LogP contribution in [0.5, 0.6) is 11.5 Å². The maximum atomic E-state index is 9.40. The number of phenolic OH excluding ortho intramolecular Hbond substituents is 2. The zero-order chi connectivity index (χ0) is 11.0. The molecule has 0 radical (unpaired) electrons. The van der Waals surface area contributed by atoms with E-state index in [1.807, 2.05) is 0 Å². The Kier molecular flexibility index (Phi) is 2.28. The number of aromatic nitrogens is 2. The summed E-state index contributed by atoms with van der Waals surface area (Å²) in [6.45, 7) is 0. The number of anilines is 1. The van der Waals surface area contributed by atoms with Gasteiger partial charge in [-0.1, -0.05) is 0 Å². The summed E-state index contributed by atoms with van der Waals surface area (Å²) in [6.07, 6.45) is 0. The van der Waals surface area contributed by atoms with Crippen molar-refractivity contribution in [3.05, 3.63) is 22.7 Å². The second-order valence-electron chi connectivity index (χ2n) is 3.03. The predicted octanol–water partition coefficient (Wildman–Crippen LogP) is 1.83. The van der Waals surface area contributed by atoms with Gasteiger partial charge in [0.25, 0.3) is 0 Å². The normalized spacial score (nSPS) is 10.5. The van der Waals surface area contributed by atoms with Gasteiger partial charge in [-0.2, -0.15) is 5.10 Å². The third-order valence-corrected chi connectivity index (χ3v) is 2.56. The van der Waals surface area contributed by atoms with E-state index in [1.165, 1.54) is 6.07 Å².